The number of anilines is 1. The fourth-order valence-electron chi connectivity index (χ4n) is 3.13. The molecule has 5 nitrogen and oxygen atoms in total. The Morgan fingerprint density at radius 3 is 2.69 bits per heavy atom. The predicted octanol–water partition coefficient (Wildman–Crippen LogP) is 3.94. The van der Waals surface area contributed by atoms with Crippen molar-refractivity contribution in [2.24, 2.45) is 0 Å². The quantitative estimate of drug-likeness (QED) is 0.562. The van der Waals surface area contributed by atoms with E-state index in [-0.39, 0.29) is 18.9 Å². The summed E-state index contributed by atoms with van der Waals surface area (Å²) in [5, 5.41) is 15.2. The number of aliphatic hydroxyl groups excluding tert-OH is 1. The second kappa shape index (κ2) is 10.3. The molecular weight excluding hydrogens is 382 g/mol. The summed E-state index contributed by atoms with van der Waals surface area (Å²) in [6.07, 6.45) is 0.261. The highest BCUT2D eigenvalue weighted by molar-refractivity contribution is 7.09. The minimum Gasteiger partial charge on any atom is -0.395 e. The van der Waals surface area contributed by atoms with Gasteiger partial charge in [-0.3, -0.25) is 9.69 Å². The smallest absolute Gasteiger partial charge is 0.231 e. The van der Waals surface area contributed by atoms with E-state index in [0.29, 0.717) is 13.1 Å². The Hall–Kier alpha value is -2.54. The first-order chi connectivity index (χ1) is 14.0. The van der Waals surface area contributed by atoms with Crippen molar-refractivity contribution in [2.45, 2.75) is 33.4 Å². The van der Waals surface area contributed by atoms with Crippen LogP contribution in [0.4, 0.5) is 5.69 Å². The van der Waals surface area contributed by atoms with Gasteiger partial charge >= 0.3 is 0 Å². The van der Waals surface area contributed by atoms with Gasteiger partial charge < -0.3 is 10.4 Å². The summed E-state index contributed by atoms with van der Waals surface area (Å²) in [5.41, 5.74) is 5.14. The number of carbonyl (C=O) groups is 1. The zero-order valence-electron chi connectivity index (χ0n) is 16.9. The van der Waals surface area contributed by atoms with Gasteiger partial charge in [0.25, 0.3) is 0 Å². The Morgan fingerprint density at radius 1 is 1.14 bits per heavy atom. The summed E-state index contributed by atoms with van der Waals surface area (Å²) in [4.78, 5) is 19.2. The highest BCUT2D eigenvalue weighted by Crippen LogP contribution is 2.18. The van der Waals surface area contributed by atoms with Gasteiger partial charge in [0.2, 0.25) is 5.91 Å². The molecule has 1 amide bonds. The van der Waals surface area contributed by atoms with Crippen molar-refractivity contribution in [3.8, 4) is 0 Å². The SMILES string of the molecule is Cc1ccc(C)c(NC(=O)Cc2nc(CN(CCO)Cc3ccccc3)cs2)c1. The van der Waals surface area contributed by atoms with Crippen LogP contribution in [0.5, 0.6) is 0 Å². The number of nitrogens with zero attached hydrogens (tertiary/aromatic N) is 2. The molecule has 0 unspecified atom stereocenters. The van der Waals surface area contributed by atoms with Gasteiger partial charge in [0.1, 0.15) is 5.01 Å². The van der Waals surface area contributed by atoms with E-state index in [9.17, 15) is 9.90 Å². The highest BCUT2D eigenvalue weighted by Gasteiger charge is 2.12. The van der Waals surface area contributed by atoms with Crippen LogP contribution in [-0.2, 0) is 24.3 Å². The molecule has 6 heteroatoms. The van der Waals surface area contributed by atoms with Gasteiger partial charge in [-0.15, -0.1) is 11.3 Å². The molecule has 29 heavy (non-hydrogen) atoms. The summed E-state index contributed by atoms with van der Waals surface area (Å²) in [6.45, 7) is 6.07. The van der Waals surface area contributed by atoms with Crippen LogP contribution >= 0.6 is 11.3 Å². The third-order valence-corrected chi connectivity index (χ3v) is 5.53. The Balaban J connectivity index is 1.58. The van der Waals surface area contributed by atoms with Crippen LogP contribution in [0, 0.1) is 13.8 Å². The first-order valence-electron chi connectivity index (χ1n) is 9.71. The zero-order chi connectivity index (χ0) is 20.6. The fourth-order valence-corrected chi connectivity index (χ4v) is 3.91. The van der Waals surface area contributed by atoms with Gasteiger partial charge in [-0.05, 0) is 36.6 Å². The molecule has 0 saturated heterocycles. The van der Waals surface area contributed by atoms with E-state index in [1.807, 2.05) is 55.6 Å². The van der Waals surface area contributed by atoms with Gasteiger partial charge in [0.05, 0.1) is 18.7 Å². The molecule has 1 aromatic heterocycles. The largest absolute Gasteiger partial charge is 0.395 e. The maximum atomic E-state index is 12.4. The topological polar surface area (TPSA) is 65.5 Å². The highest BCUT2D eigenvalue weighted by atomic mass is 32.1. The summed E-state index contributed by atoms with van der Waals surface area (Å²) < 4.78 is 0. The normalized spacial score (nSPS) is 11.0. The van der Waals surface area contributed by atoms with E-state index in [1.165, 1.54) is 16.9 Å². The third kappa shape index (κ3) is 6.49. The number of aryl methyl sites for hydroxylation is 2. The summed E-state index contributed by atoms with van der Waals surface area (Å²) in [6, 6.07) is 16.2. The maximum absolute atomic E-state index is 12.4. The molecule has 0 radical (unpaired) electrons. The van der Waals surface area contributed by atoms with E-state index < -0.39 is 0 Å². The first-order valence-corrected chi connectivity index (χ1v) is 10.6. The summed E-state index contributed by atoms with van der Waals surface area (Å²) in [5.74, 6) is -0.0592. The number of benzene rings is 2. The molecule has 0 saturated carbocycles. The zero-order valence-corrected chi connectivity index (χ0v) is 17.7. The van der Waals surface area contributed by atoms with E-state index in [0.717, 1.165) is 34.1 Å². The molecule has 0 aliphatic carbocycles. The van der Waals surface area contributed by atoms with Crippen molar-refractivity contribution in [3.05, 3.63) is 81.3 Å². The maximum Gasteiger partial charge on any atom is 0.231 e. The number of hydrogen-bond acceptors (Lipinski definition) is 5. The first kappa shape index (κ1) is 21.2. The minimum absolute atomic E-state index is 0.0592. The van der Waals surface area contributed by atoms with Crippen LogP contribution < -0.4 is 5.32 Å². The fraction of sp³-hybridized carbons (Fsp3) is 0.304. The van der Waals surface area contributed by atoms with Crippen LogP contribution in [-0.4, -0.2) is 34.0 Å². The molecule has 0 bridgehead atoms. The number of carbonyl (C=O) groups excluding carboxylic acids is 1. The molecule has 0 atom stereocenters. The summed E-state index contributed by atoms with van der Waals surface area (Å²) in [7, 11) is 0. The Bertz CT molecular complexity index is 940. The molecule has 0 aliphatic rings. The minimum atomic E-state index is -0.0592. The predicted molar refractivity (Wildman–Crippen MR) is 118 cm³/mol. The van der Waals surface area contributed by atoms with E-state index >= 15 is 0 Å². The molecule has 0 aliphatic heterocycles. The molecule has 3 aromatic rings. The molecule has 3 rings (SSSR count). The average molecular weight is 410 g/mol. The lowest BCUT2D eigenvalue weighted by atomic mass is 10.1. The molecule has 1 heterocycles. The molecule has 2 N–H and O–H groups in total. The van der Waals surface area contributed by atoms with Gasteiger partial charge in [0, 0.05) is 30.7 Å². The van der Waals surface area contributed by atoms with Crippen molar-refractivity contribution in [3.63, 3.8) is 0 Å². The molecule has 152 valence electrons. The van der Waals surface area contributed by atoms with Crippen molar-refractivity contribution in [1.29, 1.82) is 0 Å². The van der Waals surface area contributed by atoms with Crippen LogP contribution in [0.3, 0.4) is 0 Å². The van der Waals surface area contributed by atoms with Crippen LogP contribution in [0.1, 0.15) is 27.4 Å². The molecule has 0 fully saturated rings. The molecule has 0 spiro atoms. The summed E-state index contributed by atoms with van der Waals surface area (Å²) >= 11 is 1.50. The van der Waals surface area contributed by atoms with E-state index in [4.69, 9.17) is 0 Å². The lowest BCUT2D eigenvalue weighted by Gasteiger charge is -2.20. The lowest BCUT2D eigenvalue weighted by Crippen LogP contribution is -2.26. The van der Waals surface area contributed by atoms with Crippen molar-refractivity contribution in [2.75, 3.05) is 18.5 Å². The van der Waals surface area contributed by atoms with E-state index in [1.54, 1.807) is 0 Å². The van der Waals surface area contributed by atoms with Crippen molar-refractivity contribution in [1.82, 2.24) is 9.88 Å². The van der Waals surface area contributed by atoms with E-state index in [2.05, 4.69) is 27.3 Å². The Morgan fingerprint density at radius 2 is 1.93 bits per heavy atom. The average Bonchev–Trinajstić information content (AvgIpc) is 3.12. The second-order valence-corrected chi connectivity index (χ2v) is 8.14. The van der Waals surface area contributed by atoms with Crippen molar-refractivity contribution >= 4 is 22.9 Å². The standard InChI is InChI=1S/C23H27N3O2S/c1-17-8-9-18(2)21(12-17)25-22(28)13-23-24-20(16-29-23)15-26(10-11-27)14-19-6-4-3-5-7-19/h3-9,12,16,27H,10-11,13-15H2,1-2H3,(H,25,28). The Kier molecular flexibility index (Phi) is 7.52. The number of rotatable bonds is 9. The van der Waals surface area contributed by atoms with Crippen LogP contribution in [0.2, 0.25) is 0 Å². The number of thiazole rings is 1. The van der Waals surface area contributed by atoms with Crippen LogP contribution in [0.15, 0.2) is 53.9 Å². The number of amides is 1. The third-order valence-electron chi connectivity index (χ3n) is 4.63. The molecular formula is C23H27N3O2S. The number of nitrogens with one attached hydrogen (secondary N) is 1. The molecule has 2 aromatic carbocycles. The Labute approximate surface area is 176 Å². The lowest BCUT2D eigenvalue weighted by molar-refractivity contribution is -0.115. The number of aliphatic hydroxyl groups is 1. The van der Waals surface area contributed by atoms with Gasteiger partial charge in [-0.1, -0.05) is 42.5 Å². The van der Waals surface area contributed by atoms with Crippen LogP contribution in [0.25, 0.3) is 0 Å². The van der Waals surface area contributed by atoms with Gasteiger partial charge in [-0.25, -0.2) is 4.98 Å². The number of hydrogen-bond donors (Lipinski definition) is 2. The monoisotopic (exact) mass is 409 g/mol. The number of aromatic nitrogens is 1. The van der Waals surface area contributed by atoms with Gasteiger partial charge in [-0.2, -0.15) is 0 Å². The van der Waals surface area contributed by atoms with Gasteiger partial charge in [0.15, 0.2) is 0 Å². The second-order valence-electron chi connectivity index (χ2n) is 7.20. The van der Waals surface area contributed by atoms with Crippen molar-refractivity contribution < 1.29 is 9.90 Å².